The fourth-order valence-corrected chi connectivity index (χ4v) is 9.71. The molecule has 0 saturated carbocycles. The summed E-state index contributed by atoms with van der Waals surface area (Å²) in [6, 6.07) is 28.7. The number of nitrogens with zero attached hydrogens (tertiary/aromatic N) is 3. The molecular formula is C51H54N4O6S. The Morgan fingerprint density at radius 2 is 1.56 bits per heavy atom. The van der Waals surface area contributed by atoms with Gasteiger partial charge < -0.3 is 19.9 Å². The predicted molar refractivity (Wildman–Crippen MR) is 247 cm³/mol. The number of rotatable bonds is 17. The monoisotopic (exact) mass is 850 g/mol. The van der Waals surface area contributed by atoms with Gasteiger partial charge in [0.05, 0.1) is 26.8 Å². The Morgan fingerprint density at radius 1 is 0.871 bits per heavy atom. The van der Waals surface area contributed by atoms with E-state index in [1.807, 2.05) is 24.3 Å². The van der Waals surface area contributed by atoms with Crippen LogP contribution >= 0.6 is 0 Å². The maximum absolute atomic E-state index is 13.1. The first-order valence-electron chi connectivity index (χ1n) is 21.3. The molecule has 7 rings (SSSR count). The summed E-state index contributed by atoms with van der Waals surface area (Å²) < 4.78 is 37.4. The van der Waals surface area contributed by atoms with Crippen LogP contribution in [0, 0.1) is 6.92 Å². The molecule has 0 saturated heterocycles. The molecule has 0 atom stereocenters. The minimum Gasteiger partial charge on any atom is -0.748 e. The van der Waals surface area contributed by atoms with Crippen molar-refractivity contribution in [3.05, 3.63) is 150 Å². The van der Waals surface area contributed by atoms with Crippen molar-refractivity contribution in [2.24, 2.45) is 0 Å². The van der Waals surface area contributed by atoms with Gasteiger partial charge >= 0.3 is 5.97 Å². The number of allylic oxidation sites excluding steroid dienone is 6. The Morgan fingerprint density at radius 3 is 2.23 bits per heavy atom. The smallest absolute Gasteiger partial charge is 0.303 e. The van der Waals surface area contributed by atoms with Crippen molar-refractivity contribution in [2.75, 3.05) is 30.3 Å². The first kappa shape index (κ1) is 44.2. The van der Waals surface area contributed by atoms with Gasteiger partial charge in [-0.05, 0) is 104 Å². The molecule has 10 nitrogen and oxygen atoms in total. The predicted octanol–water partition coefficient (Wildman–Crippen LogP) is 9.50. The lowest BCUT2D eigenvalue weighted by Crippen LogP contribution is -2.28. The molecule has 0 fully saturated rings. The molecule has 0 bridgehead atoms. The molecule has 3 heterocycles. The lowest BCUT2D eigenvalue weighted by atomic mass is 9.79. The van der Waals surface area contributed by atoms with Crippen molar-refractivity contribution in [3.63, 3.8) is 0 Å². The molecule has 0 spiro atoms. The number of anilines is 1. The SMILES string of the molecule is [CH]CCN1/C(=C/C=C(/C=C/C2=[N+](CCCS(=O)(=O)[O-])c3ccc4ccccc4c3C2(C)C)c2ccc(C(=O)NCCCCCC(=O)O)cn2)C(C)(C)c2c1ccc1ccccc21. The third-order valence-electron chi connectivity index (χ3n) is 12.2. The number of hydrogen-bond acceptors (Lipinski definition) is 7. The molecule has 2 aliphatic heterocycles. The van der Waals surface area contributed by atoms with Crippen LogP contribution in [-0.2, 0) is 25.7 Å². The quantitative estimate of drug-likeness (QED) is 0.0408. The van der Waals surface area contributed by atoms with Gasteiger partial charge in [0.25, 0.3) is 5.91 Å². The summed E-state index contributed by atoms with van der Waals surface area (Å²) in [5.74, 6) is -1.55. The fraction of sp³-hybridized carbons (Fsp3) is 0.314. The molecule has 5 aromatic rings. The van der Waals surface area contributed by atoms with Gasteiger partial charge in [0, 0.05) is 78.0 Å². The van der Waals surface area contributed by atoms with Gasteiger partial charge in [0.15, 0.2) is 5.71 Å². The van der Waals surface area contributed by atoms with Crippen LogP contribution < -0.4 is 10.2 Å². The number of aromatic nitrogens is 1. The summed E-state index contributed by atoms with van der Waals surface area (Å²) in [5, 5.41) is 16.4. The Hall–Kier alpha value is -5.91. The van der Waals surface area contributed by atoms with E-state index in [4.69, 9.17) is 17.0 Å². The average molecular weight is 851 g/mol. The Kier molecular flexibility index (Phi) is 13.0. The van der Waals surface area contributed by atoms with Gasteiger partial charge in [-0.2, -0.15) is 4.58 Å². The number of hydrogen-bond donors (Lipinski definition) is 2. The molecule has 11 heteroatoms. The minimum absolute atomic E-state index is 0.108. The minimum atomic E-state index is -4.41. The molecule has 2 aliphatic rings. The Balaban J connectivity index is 1.30. The van der Waals surface area contributed by atoms with Crippen molar-refractivity contribution in [1.29, 1.82) is 0 Å². The van der Waals surface area contributed by atoms with Crippen LogP contribution in [0.4, 0.5) is 11.4 Å². The van der Waals surface area contributed by atoms with E-state index in [1.165, 1.54) is 16.3 Å². The summed E-state index contributed by atoms with van der Waals surface area (Å²) in [6.45, 7) is 16.4. The van der Waals surface area contributed by atoms with Gasteiger partial charge in [-0.15, -0.1) is 0 Å². The molecule has 2 N–H and O–H groups in total. The number of carboxylic acids is 1. The summed E-state index contributed by atoms with van der Waals surface area (Å²) in [5.41, 5.74) is 7.38. The average Bonchev–Trinajstić information content (AvgIpc) is 3.59. The fourth-order valence-electron chi connectivity index (χ4n) is 9.23. The van der Waals surface area contributed by atoms with Crippen molar-refractivity contribution in [3.8, 4) is 0 Å². The molecule has 320 valence electrons. The van der Waals surface area contributed by atoms with Crippen molar-refractivity contribution < 1.29 is 32.2 Å². The van der Waals surface area contributed by atoms with Crippen LogP contribution in [-0.4, -0.2) is 70.6 Å². The van der Waals surface area contributed by atoms with E-state index in [9.17, 15) is 22.6 Å². The van der Waals surface area contributed by atoms with Gasteiger partial charge in [-0.1, -0.05) is 80.9 Å². The Labute approximate surface area is 365 Å². The lowest BCUT2D eigenvalue weighted by molar-refractivity contribution is -0.437. The largest absolute Gasteiger partial charge is 0.748 e. The van der Waals surface area contributed by atoms with Crippen LogP contribution in [0.25, 0.3) is 27.1 Å². The van der Waals surface area contributed by atoms with E-state index in [1.54, 1.807) is 12.3 Å². The van der Waals surface area contributed by atoms with Crippen molar-refractivity contribution >= 4 is 66.2 Å². The maximum atomic E-state index is 13.1. The number of nitrogens with one attached hydrogen (secondary N) is 1. The van der Waals surface area contributed by atoms with Crippen LogP contribution in [0.2, 0.25) is 0 Å². The van der Waals surface area contributed by atoms with Gasteiger partial charge in [-0.3, -0.25) is 14.6 Å². The van der Waals surface area contributed by atoms with Crippen LogP contribution in [0.5, 0.6) is 0 Å². The summed E-state index contributed by atoms with van der Waals surface area (Å²) >= 11 is 0. The number of amides is 1. The van der Waals surface area contributed by atoms with E-state index in [2.05, 4.69) is 121 Å². The molecule has 62 heavy (non-hydrogen) atoms. The summed E-state index contributed by atoms with van der Waals surface area (Å²) in [6.07, 6.45) is 12.5. The van der Waals surface area contributed by atoms with Crippen LogP contribution in [0.3, 0.4) is 0 Å². The number of carbonyl (C=O) groups excluding carboxylic acids is 1. The van der Waals surface area contributed by atoms with E-state index in [0.717, 1.165) is 44.7 Å². The molecule has 0 aliphatic carbocycles. The third kappa shape index (κ3) is 9.15. The first-order valence-corrected chi connectivity index (χ1v) is 22.9. The number of carboxylic acid groups (broad SMARTS) is 1. The zero-order chi connectivity index (χ0) is 44.2. The maximum Gasteiger partial charge on any atom is 0.303 e. The zero-order valence-electron chi connectivity index (χ0n) is 35.9. The third-order valence-corrected chi connectivity index (χ3v) is 12.9. The number of fused-ring (bicyclic) bond motifs is 6. The molecule has 2 radical (unpaired) electrons. The van der Waals surface area contributed by atoms with E-state index >= 15 is 0 Å². The van der Waals surface area contributed by atoms with E-state index < -0.39 is 27.3 Å². The number of aliphatic carboxylic acids is 1. The highest BCUT2D eigenvalue weighted by Crippen LogP contribution is 2.51. The second-order valence-corrected chi connectivity index (χ2v) is 18.6. The molecule has 4 aromatic carbocycles. The van der Waals surface area contributed by atoms with Crippen molar-refractivity contribution in [1.82, 2.24) is 10.3 Å². The van der Waals surface area contributed by atoms with E-state index in [0.29, 0.717) is 56.6 Å². The highest BCUT2D eigenvalue weighted by Gasteiger charge is 2.45. The van der Waals surface area contributed by atoms with Gasteiger partial charge in [0.1, 0.15) is 6.54 Å². The van der Waals surface area contributed by atoms with Gasteiger partial charge in [0.2, 0.25) is 5.69 Å². The standard InChI is InChI=1S/C51H54N4O6S/c1-6-31-54-42-26-21-35-15-9-11-17-39(35)47(42)50(2,3)44(54)28-23-37(41-25-20-38(34-53-41)49(58)52-30-13-7-8-19-46(56)57)24-29-45-51(4,5)48-40-18-12-10-16-36(40)22-27-43(48)55(45)32-14-33-62(59,60)61/h1,9-12,15-18,20-29,34H,6-8,13-14,19,30-33H2,2-5H3,(H2-,52,56,57,58,59,60,61). The number of benzene rings is 4. The van der Waals surface area contributed by atoms with Gasteiger partial charge in [-0.25, -0.2) is 8.42 Å². The first-order chi connectivity index (χ1) is 29.6. The summed E-state index contributed by atoms with van der Waals surface area (Å²) in [7, 11) is -4.41. The van der Waals surface area contributed by atoms with E-state index in [-0.39, 0.29) is 24.2 Å². The highest BCUT2D eigenvalue weighted by molar-refractivity contribution is 7.85. The second-order valence-electron chi connectivity index (χ2n) is 17.1. The zero-order valence-corrected chi connectivity index (χ0v) is 36.7. The molecule has 1 amide bonds. The van der Waals surface area contributed by atoms with Crippen LogP contribution in [0.15, 0.2) is 121 Å². The number of unbranched alkanes of at least 4 members (excludes halogenated alkanes) is 2. The Bertz CT molecular complexity index is 2760. The second kappa shape index (κ2) is 18.2. The highest BCUT2D eigenvalue weighted by atomic mass is 32.2. The van der Waals surface area contributed by atoms with Crippen molar-refractivity contribution in [2.45, 2.75) is 77.0 Å². The molecular weight excluding hydrogens is 797 g/mol. The molecule has 0 unspecified atom stereocenters. The number of carbonyl (C=O) groups is 2. The lowest BCUT2D eigenvalue weighted by Gasteiger charge is -2.27. The number of pyridine rings is 1. The van der Waals surface area contributed by atoms with Crippen LogP contribution in [0.1, 0.15) is 93.4 Å². The summed E-state index contributed by atoms with van der Waals surface area (Å²) in [4.78, 5) is 31.1. The normalized spacial score (nSPS) is 16.5. The topological polar surface area (TPSA) is 143 Å². The molecule has 1 aromatic heterocycles.